The van der Waals surface area contributed by atoms with E-state index in [9.17, 15) is 0 Å². The summed E-state index contributed by atoms with van der Waals surface area (Å²) in [5, 5.41) is 3.16. The lowest BCUT2D eigenvalue weighted by molar-refractivity contribution is 1.30. The Bertz CT molecular complexity index is 974. The van der Waals surface area contributed by atoms with Gasteiger partial charge >= 0.3 is 0 Å². The lowest BCUT2D eigenvalue weighted by atomic mass is 10.1. The highest BCUT2D eigenvalue weighted by molar-refractivity contribution is 6.30. The summed E-state index contributed by atoms with van der Waals surface area (Å²) in [5.74, 6) is 0. The molecule has 0 bridgehead atoms. The largest absolute Gasteiger partial charge is 0.310 e. The maximum Gasteiger partial charge on any atom is 0.0540 e. The maximum atomic E-state index is 6.26. The van der Waals surface area contributed by atoms with Crippen molar-refractivity contribution < 1.29 is 0 Å². The molecule has 0 N–H and O–H groups in total. The Hall–Kier alpha value is -2.77. The van der Waals surface area contributed by atoms with Gasteiger partial charge in [0.05, 0.1) is 5.69 Å². The predicted octanol–water partition coefficient (Wildman–Crippen LogP) is 6.96. The van der Waals surface area contributed by atoms with Crippen LogP contribution in [-0.2, 0) is 0 Å². The Labute approximate surface area is 146 Å². The molecule has 0 saturated heterocycles. The van der Waals surface area contributed by atoms with Gasteiger partial charge in [-0.25, -0.2) is 0 Å². The van der Waals surface area contributed by atoms with Gasteiger partial charge < -0.3 is 4.90 Å². The zero-order chi connectivity index (χ0) is 16.4. The molecule has 4 aromatic rings. The molecule has 0 aliphatic carbocycles. The van der Waals surface area contributed by atoms with Crippen LogP contribution in [0, 0.1) is 0 Å². The van der Waals surface area contributed by atoms with Crippen LogP contribution in [0.2, 0.25) is 5.02 Å². The molecule has 0 aromatic heterocycles. The molecule has 1 nitrogen and oxygen atoms in total. The summed E-state index contributed by atoms with van der Waals surface area (Å²) in [4.78, 5) is 2.24. The monoisotopic (exact) mass is 329 g/mol. The van der Waals surface area contributed by atoms with E-state index < -0.39 is 0 Å². The van der Waals surface area contributed by atoms with Gasteiger partial charge in [0.2, 0.25) is 0 Å². The van der Waals surface area contributed by atoms with Crippen molar-refractivity contribution in [2.75, 3.05) is 4.90 Å². The van der Waals surface area contributed by atoms with Crippen molar-refractivity contribution in [3.05, 3.63) is 102 Å². The molecule has 0 aliphatic heterocycles. The van der Waals surface area contributed by atoms with Gasteiger partial charge in [-0.3, -0.25) is 0 Å². The number of hydrogen-bond acceptors (Lipinski definition) is 1. The van der Waals surface area contributed by atoms with Crippen molar-refractivity contribution in [2.24, 2.45) is 0 Å². The molecule has 0 unspecified atom stereocenters. The van der Waals surface area contributed by atoms with Crippen molar-refractivity contribution in [2.45, 2.75) is 0 Å². The first-order chi connectivity index (χ1) is 11.8. The summed E-state index contributed by atoms with van der Waals surface area (Å²) in [6, 6.07) is 33.2. The minimum Gasteiger partial charge on any atom is -0.310 e. The van der Waals surface area contributed by atoms with E-state index in [1.807, 2.05) is 24.3 Å². The number of hydrogen-bond donors (Lipinski definition) is 0. The van der Waals surface area contributed by atoms with Crippen LogP contribution in [0.15, 0.2) is 97.1 Å². The van der Waals surface area contributed by atoms with E-state index >= 15 is 0 Å². The summed E-state index contributed by atoms with van der Waals surface area (Å²) >= 11 is 6.26. The molecule has 0 atom stereocenters. The Morgan fingerprint density at radius 3 is 2.08 bits per heavy atom. The van der Waals surface area contributed by atoms with Gasteiger partial charge in [0.15, 0.2) is 0 Å². The fourth-order valence-corrected chi connectivity index (χ4v) is 3.21. The van der Waals surface area contributed by atoms with Crippen LogP contribution in [-0.4, -0.2) is 0 Å². The van der Waals surface area contributed by atoms with Crippen LogP contribution in [0.3, 0.4) is 0 Å². The van der Waals surface area contributed by atoms with Gasteiger partial charge in [0.25, 0.3) is 0 Å². The van der Waals surface area contributed by atoms with Crippen molar-refractivity contribution in [3.8, 4) is 0 Å². The predicted molar refractivity (Wildman–Crippen MR) is 104 cm³/mol. The molecule has 0 aliphatic rings. The molecule has 0 fully saturated rings. The molecule has 2 heteroatoms. The zero-order valence-electron chi connectivity index (χ0n) is 13.1. The Kier molecular flexibility index (Phi) is 3.94. The van der Waals surface area contributed by atoms with Crippen LogP contribution in [0.25, 0.3) is 10.8 Å². The van der Waals surface area contributed by atoms with E-state index in [-0.39, 0.29) is 0 Å². The molecular formula is C22H16ClN. The van der Waals surface area contributed by atoms with E-state index in [1.54, 1.807) is 0 Å². The first kappa shape index (κ1) is 14.8. The van der Waals surface area contributed by atoms with Crippen LogP contribution in [0.5, 0.6) is 0 Å². The van der Waals surface area contributed by atoms with Gasteiger partial charge in [-0.15, -0.1) is 0 Å². The van der Waals surface area contributed by atoms with E-state index in [2.05, 4.69) is 77.7 Å². The molecule has 0 spiro atoms. The maximum absolute atomic E-state index is 6.26. The van der Waals surface area contributed by atoms with Crippen LogP contribution in [0.4, 0.5) is 17.1 Å². The molecule has 0 radical (unpaired) electrons. The quantitative estimate of drug-likeness (QED) is 0.392. The molecule has 0 saturated carbocycles. The second-order valence-corrected chi connectivity index (χ2v) is 6.09. The molecule has 24 heavy (non-hydrogen) atoms. The standard InChI is InChI=1S/C22H16ClN/c23-18-10-7-13-20(16-18)24(19-11-2-1-3-12-19)22-15-6-9-17-8-4-5-14-21(17)22/h1-16H. The van der Waals surface area contributed by atoms with Gasteiger partial charge in [-0.1, -0.05) is 72.3 Å². The lowest BCUT2D eigenvalue weighted by Gasteiger charge is -2.27. The number of halogens is 1. The number of rotatable bonds is 3. The third kappa shape index (κ3) is 2.75. The number of benzene rings is 4. The second-order valence-electron chi connectivity index (χ2n) is 5.65. The molecule has 0 amide bonds. The minimum atomic E-state index is 0.730. The molecule has 116 valence electrons. The molecular weight excluding hydrogens is 314 g/mol. The van der Waals surface area contributed by atoms with Gasteiger partial charge in [-0.05, 0) is 41.8 Å². The summed E-state index contributed by atoms with van der Waals surface area (Å²) < 4.78 is 0. The second kappa shape index (κ2) is 6.38. The van der Waals surface area contributed by atoms with Gasteiger partial charge in [0, 0.05) is 21.8 Å². The fraction of sp³-hybridized carbons (Fsp3) is 0. The normalized spacial score (nSPS) is 10.7. The highest BCUT2D eigenvalue weighted by Gasteiger charge is 2.14. The SMILES string of the molecule is Clc1cccc(N(c2ccccc2)c2cccc3ccccc23)c1. The topological polar surface area (TPSA) is 3.24 Å². The summed E-state index contributed by atoms with van der Waals surface area (Å²) in [6.45, 7) is 0. The third-order valence-electron chi connectivity index (χ3n) is 4.09. The number of fused-ring (bicyclic) bond motifs is 1. The first-order valence-electron chi connectivity index (χ1n) is 7.91. The van der Waals surface area contributed by atoms with Crippen LogP contribution in [0.1, 0.15) is 0 Å². The average Bonchev–Trinajstić information content (AvgIpc) is 2.63. The van der Waals surface area contributed by atoms with Crippen molar-refractivity contribution in [1.82, 2.24) is 0 Å². The van der Waals surface area contributed by atoms with Gasteiger partial charge in [-0.2, -0.15) is 0 Å². The molecule has 0 heterocycles. The van der Waals surface area contributed by atoms with E-state index in [0.717, 1.165) is 22.1 Å². The highest BCUT2D eigenvalue weighted by Crippen LogP contribution is 2.39. The average molecular weight is 330 g/mol. The lowest BCUT2D eigenvalue weighted by Crippen LogP contribution is -2.10. The summed E-state index contributed by atoms with van der Waals surface area (Å²) in [5.41, 5.74) is 3.29. The van der Waals surface area contributed by atoms with Crippen molar-refractivity contribution in [3.63, 3.8) is 0 Å². The summed E-state index contributed by atoms with van der Waals surface area (Å²) in [6.07, 6.45) is 0. The van der Waals surface area contributed by atoms with E-state index in [0.29, 0.717) is 0 Å². The van der Waals surface area contributed by atoms with Crippen LogP contribution < -0.4 is 4.90 Å². The van der Waals surface area contributed by atoms with E-state index in [4.69, 9.17) is 11.6 Å². The minimum absolute atomic E-state index is 0.730. The van der Waals surface area contributed by atoms with Crippen LogP contribution >= 0.6 is 11.6 Å². The Balaban J connectivity index is 1.99. The number of para-hydroxylation sites is 1. The molecule has 4 rings (SSSR count). The highest BCUT2D eigenvalue weighted by atomic mass is 35.5. The Morgan fingerprint density at radius 2 is 1.25 bits per heavy atom. The van der Waals surface area contributed by atoms with E-state index in [1.165, 1.54) is 10.8 Å². The molecule has 4 aromatic carbocycles. The van der Waals surface area contributed by atoms with Gasteiger partial charge in [0.1, 0.15) is 0 Å². The zero-order valence-corrected chi connectivity index (χ0v) is 13.8. The third-order valence-corrected chi connectivity index (χ3v) is 4.32. The number of nitrogens with zero attached hydrogens (tertiary/aromatic N) is 1. The van der Waals surface area contributed by atoms with Crippen molar-refractivity contribution >= 4 is 39.4 Å². The fourth-order valence-electron chi connectivity index (χ4n) is 3.02. The Morgan fingerprint density at radius 1 is 0.583 bits per heavy atom. The van der Waals surface area contributed by atoms with Crippen molar-refractivity contribution in [1.29, 1.82) is 0 Å². The number of anilines is 3. The first-order valence-corrected chi connectivity index (χ1v) is 8.29. The smallest absolute Gasteiger partial charge is 0.0540 e. The summed E-state index contributed by atoms with van der Waals surface area (Å²) in [7, 11) is 0.